The number of para-hydroxylation sites is 1. The van der Waals surface area contributed by atoms with Crippen LogP contribution in [0.2, 0.25) is 0 Å². The molecule has 1 aliphatic rings. The molecule has 0 saturated heterocycles. The number of carbonyl (C=O) groups excluding carboxylic acids is 1. The van der Waals surface area contributed by atoms with Gasteiger partial charge in [-0.1, -0.05) is 48.5 Å². The summed E-state index contributed by atoms with van der Waals surface area (Å²) in [6.07, 6.45) is 1.04. The van der Waals surface area contributed by atoms with E-state index in [0.717, 1.165) is 36.4 Å². The molecule has 0 fully saturated rings. The molecule has 3 aromatic carbocycles. The maximum absolute atomic E-state index is 11.6. The van der Waals surface area contributed by atoms with Gasteiger partial charge in [0.25, 0.3) is 0 Å². The van der Waals surface area contributed by atoms with Gasteiger partial charge in [0.2, 0.25) is 0 Å². The standard InChI is InChI=1S/C23H22N2O2/c26-16-23(27)19-8-6-17(7-9-19)15-25-13-12-18-10-11-21(14-22(18)25)24-20-4-2-1-3-5-20/h1-11,14,24,26H,12-13,15-16H2. The summed E-state index contributed by atoms with van der Waals surface area (Å²) in [4.78, 5) is 13.9. The van der Waals surface area contributed by atoms with Crippen LogP contribution in [0.3, 0.4) is 0 Å². The number of hydrogen-bond acceptors (Lipinski definition) is 4. The summed E-state index contributed by atoms with van der Waals surface area (Å²) in [5, 5.41) is 12.4. The summed E-state index contributed by atoms with van der Waals surface area (Å²) in [5.74, 6) is -0.246. The average molecular weight is 358 g/mol. The van der Waals surface area contributed by atoms with Crippen LogP contribution in [0.5, 0.6) is 0 Å². The number of hydrogen-bond donors (Lipinski definition) is 2. The third kappa shape index (κ3) is 3.86. The van der Waals surface area contributed by atoms with E-state index in [2.05, 4.69) is 40.5 Å². The van der Waals surface area contributed by atoms with Gasteiger partial charge in [-0.05, 0) is 41.8 Å². The van der Waals surface area contributed by atoms with E-state index in [1.165, 1.54) is 11.3 Å². The zero-order valence-electron chi connectivity index (χ0n) is 15.1. The first-order valence-corrected chi connectivity index (χ1v) is 9.16. The molecule has 0 saturated carbocycles. The van der Waals surface area contributed by atoms with Crippen molar-refractivity contribution in [3.63, 3.8) is 0 Å². The summed E-state index contributed by atoms with van der Waals surface area (Å²) in [6, 6.07) is 24.2. The normalized spacial score (nSPS) is 12.7. The molecule has 4 nitrogen and oxygen atoms in total. The molecular weight excluding hydrogens is 336 g/mol. The van der Waals surface area contributed by atoms with Crippen LogP contribution in [-0.4, -0.2) is 24.0 Å². The lowest BCUT2D eigenvalue weighted by Crippen LogP contribution is -2.19. The number of aliphatic hydroxyl groups is 1. The van der Waals surface area contributed by atoms with Gasteiger partial charge in [0.15, 0.2) is 5.78 Å². The van der Waals surface area contributed by atoms with Crippen LogP contribution >= 0.6 is 0 Å². The third-order valence-electron chi connectivity index (χ3n) is 4.93. The fraction of sp³-hybridized carbons (Fsp3) is 0.174. The zero-order chi connectivity index (χ0) is 18.6. The number of anilines is 3. The van der Waals surface area contributed by atoms with Gasteiger partial charge >= 0.3 is 0 Å². The number of rotatable bonds is 6. The monoisotopic (exact) mass is 358 g/mol. The maximum Gasteiger partial charge on any atom is 0.188 e. The fourth-order valence-electron chi connectivity index (χ4n) is 3.48. The minimum atomic E-state index is -0.448. The number of benzene rings is 3. The number of carbonyl (C=O) groups is 1. The number of nitrogens with one attached hydrogen (secondary N) is 1. The van der Waals surface area contributed by atoms with Crippen LogP contribution in [0.25, 0.3) is 0 Å². The highest BCUT2D eigenvalue weighted by atomic mass is 16.3. The van der Waals surface area contributed by atoms with E-state index in [0.29, 0.717) is 5.56 Å². The van der Waals surface area contributed by atoms with Crippen molar-refractivity contribution in [2.45, 2.75) is 13.0 Å². The van der Waals surface area contributed by atoms with Gasteiger partial charge in [0.05, 0.1) is 0 Å². The molecule has 0 aromatic heterocycles. The molecule has 0 atom stereocenters. The lowest BCUT2D eigenvalue weighted by atomic mass is 10.1. The molecular formula is C23H22N2O2. The van der Waals surface area contributed by atoms with Crippen molar-refractivity contribution in [1.29, 1.82) is 0 Å². The van der Waals surface area contributed by atoms with Gasteiger partial charge in [0, 0.05) is 35.7 Å². The summed E-state index contributed by atoms with van der Waals surface area (Å²) < 4.78 is 0. The van der Waals surface area contributed by atoms with Gasteiger partial charge < -0.3 is 15.3 Å². The highest BCUT2D eigenvalue weighted by Gasteiger charge is 2.19. The van der Waals surface area contributed by atoms with Gasteiger partial charge in [-0.25, -0.2) is 0 Å². The van der Waals surface area contributed by atoms with Crippen molar-refractivity contribution in [2.24, 2.45) is 0 Å². The number of aliphatic hydroxyl groups excluding tert-OH is 1. The minimum absolute atomic E-state index is 0.246. The Morgan fingerprint density at radius 2 is 1.74 bits per heavy atom. The van der Waals surface area contributed by atoms with Gasteiger partial charge in [-0.3, -0.25) is 4.79 Å². The quantitative estimate of drug-likeness (QED) is 0.650. The van der Waals surface area contributed by atoms with Crippen LogP contribution in [0.4, 0.5) is 17.1 Å². The van der Waals surface area contributed by atoms with Crippen molar-refractivity contribution < 1.29 is 9.90 Å². The first-order chi connectivity index (χ1) is 13.2. The van der Waals surface area contributed by atoms with Crippen LogP contribution in [0.15, 0.2) is 72.8 Å². The van der Waals surface area contributed by atoms with E-state index in [-0.39, 0.29) is 5.78 Å². The Kier molecular flexibility index (Phi) is 4.90. The van der Waals surface area contributed by atoms with Crippen molar-refractivity contribution in [1.82, 2.24) is 0 Å². The Hall–Kier alpha value is -3.11. The summed E-state index contributed by atoms with van der Waals surface area (Å²) in [5.41, 5.74) is 6.48. The van der Waals surface area contributed by atoms with Crippen LogP contribution in [0, 0.1) is 0 Å². The van der Waals surface area contributed by atoms with Crippen molar-refractivity contribution in [2.75, 3.05) is 23.4 Å². The maximum atomic E-state index is 11.6. The molecule has 0 aliphatic carbocycles. The Morgan fingerprint density at radius 1 is 0.963 bits per heavy atom. The Bertz CT molecular complexity index is 936. The van der Waals surface area contributed by atoms with Gasteiger partial charge in [-0.15, -0.1) is 0 Å². The lowest BCUT2D eigenvalue weighted by molar-refractivity contribution is 0.0903. The molecule has 3 aromatic rings. The van der Waals surface area contributed by atoms with Crippen molar-refractivity contribution in [3.05, 3.63) is 89.5 Å². The fourth-order valence-corrected chi connectivity index (χ4v) is 3.48. The van der Waals surface area contributed by atoms with Crippen LogP contribution in [0.1, 0.15) is 21.5 Å². The molecule has 0 amide bonds. The first kappa shape index (κ1) is 17.3. The van der Waals surface area contributed by atoms with E-state index >= 15 is 0 Å². The molecule has 0 radical (unpaired) electrons. The lowest BCUT2D eigenvalue weighted by Gasteiger charge is -2.20. The number of ketones is 1. The Morgan fingerprint density at radius 3 is 2.48 bits per heavy atom. The second kappa shape index (κ2) is 7.64. The topological polar surface area (TPSA) is 52.6 Å². The van der Waals surface area contributed by atoms with Gasteiger partial charge in [-0.2, -0.15) is 0 Å². The van der Waals surface area contributed by atoms with E-state index in [1.807, 2.05) is 30.3 Å². The van der Waals surface area contributed by atoms with E-state index < -0.39 is 6.61 Å². The minimum Gasteiger partial charge on any atom is -0.388 e. The molecule has 1 heterocycles. The molecule has 4 rings (SSSR count). The molecule has 0 spiro atoms. The number of fused-ring (bicyclic) bond motifs is 1. The number of nitrogens with zero attached hydrogens (tertiary/aromatic N) is 1. The zero-order valence-corrected chi connectivity index (χ0v) is 15.1. The van der Waals surface area contributed by atoms with Crippen molar-refractivity contribution in [3.8, 4) is 0 Å². The second-order valence-corrected chi connectivity index (χ2v) is 6.78. The molecule has 4 heteroatoms. The Balaban J connectivity index is 1.50. The smallest absolute Gasteiger partial charge is 0.188 e. The van der Waals surface area contributed by atoms with E-state index in [1.54, 1.807) is 12.1 Å². The third-order valence-corrected chi connectivity index (χ3v) is 4.93. The molecule has 27 heavy (non-hydrogen) atoms. The molecule has 2 N–H and O–H groups in total. The van der Waals surface area contributed by atoms with Crippen LogP contribution < -0.4 is 10.2 Å². The summed E-state index contributed by atoms with van der Waals surface area (Å²) >= 11 is 0. The highest BCUT2D eigenvalue weighted by molar-refractivity contribution is 5.96. The molecule has 0 unspecified atom stereocenters. The number of Topliss-reactive ketones (excluding diaryl/α,β-unsaturated/α-hetero) is 1. The van der Waals surface area contributed by atoms with E-state index in [4.69, 9.17) is 5.11 Å². The SMILES string of the molecule is O=C(CO)c1ccc(CN2CCc3ccc(Nc4ccccc4)cc32)cc1. The first-order valence-electron chi connectivity index (χ1n) is 9.16. The van der Waals surface area contributed by atoms with Crippen LogP contribution in [-0.2, 0) is 13.0 Å². The Labute approximate surface area is 159 Å². The van der Waals surface area contributed by atoms with Crippen molar-refractivity contribution >= 4 is 22.8 Å². The molecule has 136 valence electrons. The molecule has 0 bridgehead atoms. The van der Waals surface area contributed by atoms with E-state index in [9.17, 15) is 4.79 Å². The highest BCUT2D eigenvalue weighted by Crippen LogP contribution is 2.33. The predicted molar refractivity (Wildman–Crippen MR) is 109 cm³/mol. The largest absolute Gasteiger partial charge is 0.388 e. The van der Waals surface area contributed by atoms with Gasteiger partial charge in [0.1, 0.15) is 6.61 Å². The molecule has 1 aliphatic heterocycles. The predicted octanol–water partition coefficient (Wildman–Crippen LogP) is 4.17. The average Bonchev–Trinajstić information content (AvgIpc) is 3.11. The second-order valence-electron chi connectivity index (χ2n) is 6.78. The summed E-state index contributed by atoms with van der Waals surface area (Å²) in [7, 11) is 0. The summed E-state index contributed by atoms with van der Waals surface area (Å²) in [6.45, 7) is 1.34.